The first-order valence-electron chi connectivity index (χ1n) is 10.1. The molecule has 1 atom stereocenters. The highest BCUT2D eigenvalue weighted by molar-refractivity contribution is 6.07. The Morgan fingerprint density at radius 3 is 2.55 bits per heavy atom. The number of fused-ring (bicyclic) bond motifs is 2. The van der Waals surface area contributed by atoms with Crippen LogP contribution in [0.2, 0.25) is 0 Å². The number of rotatable bonds is 4. The van der Waals surface area contributed by atoms with Crippen molar-refractivity contribution in [2.24, 2.45) is 0 Å². The number of hydrogen-bond donors (Lipinski definition) is 0. The molecule has 0 saturated carbocycles. The lowest BCUT2D eigenvalue weighted by Crippen LogP contribution is -2.29. The molecule has 0 radical (unpaired) electrons. The molecule has 0 spiro atoms. The van der Waals surface area contributed by atoms with Crippen molar-refractivity contribution in [3.05, 3.63) is 83.7 Å². The molecule has 3 heterocycles. The van der Waals surface area contributed by atoms with Gasteiger partial charge in [-0.3, -0.25) is 4.79 Å². The summed E-state index contributed by atoms with van der Waals surface area (Å²) in [6, 6.07) is 21.1. The summed E-state index contributed by atoms with van der Waals surface area (Å²) in [5.74, 6) is 0.580. The second-order valence-corrected chi connectivity index (χ2v) is 7.65. The van der Waals surface area contributed by atoms with Crippen LogP contribution < -0.4 is 0 Å². The molecule has 3 aromatic heterocycles. The first-order chi connectivity index (χ1) is 15.0. The molecule has 0 unspecified atom stereocenters. The molecule has 1 amide bonds. The first-order valence-corrected chi connectivity index (χ1v) is 10.1. The van der Waals surface area contributed by atoms with Gasteiger partial charge in [0.05, 0.1) is 28.4 Å². The lowest BCUT2D eigenvalue weighted by Gasteiger charge is -2.24. The average Bonchev–Trinajstić information content (AvgIpc) is 3.41. The summed E-state index contributed by atoms with van der Waals surface area (Å²) in [6.45, 7) is 3.77. The van der Waals surface area contributed by atoms with Crippen LogP contribution in [0.4, 0.5) is 0 Å². The minimum Gasteiger partial charge on any atom is -0.459 e. The number of carbonyl (C=O) groups is 1. The molecule has 154 valence electrons. The molecule has 0 aliphatic heterocycles. The average molecular weight is 411 g/mol. The largest absolute Gasteiger partial charge is 0.459 e. The molecule has 0 fully saturated rings. The number of aryl methyl sites for hydroxylation is 1. The molecule has 0 aliphatic carbocycles. The molecule has 31 heavy (non-hydrogen) atoms. The fraction of sp³-hybridized carbons (Fsp3) is 0.160. The molecule has 2 aromatic carbocycles. The van der Waals surface area contributed by atoms with Crippen LogP contribution in [0.25, 0.3) is 33.3 Å². The predicted octanol–water partition coefficient (Wildman–Crippen LogP) is 5.78. The van der Waals surface area contributed by atoms with E-state index in [0.29, 0.717) is 28.1 Å². The fourth-order valence-corrected chi connectivity index (χ4v) is 3.79. The topological polar surface area (TPSA) is 72.4 Å². The molecular formula is C25H21N3O3. The van der Waals surface area contributed by atoms with E-state index in [-0.39, 0.29) is 11.9 Å². The third kappa shape index (κ3) is 3.26. The smallest absolute Gasteiger partial charge is 0.259 e. The van der Waals surface area contributed by atoms with Gasteiger partial charge in [-0.25, -0.2) is 4.98 Å². The Morgan fingerprint density at radius 1 is 1.03 bits per heavy atom. The van der Waals surface area contributed by atoms with Gasteiger partial charge < -0.3 is 13.8 Å². The number of benzene rings is 2. The highest BCUT2D eigenvalue weighted by Crippen LogP contribution is 2.31. The monoisotopic (exact) mass is 411 g/mol. The number of furan rings is 1. The van der Waals surface area contributed by atoms with Crippen molar-refractivity contribution >= 4 is 28.0 Å². The zero-order valence-corrected chi connectivity index (χ0v) is 17.5. The zero-order chi connectivity index (χ0) is 21.5. The summed E-state index contributed by atoms with van der Waals surface area (Å²) >= 11 is 0. The van der Waals surface area contributed by atoms with Crippen molar-refractivity contribution in [3.8, 4) is 11.3 Å². The quantitative estimate of drug-likeness (QED) is 0.375. The van der Waals surface area contributed by atoms with Gasteiger partial charge in [-0.2, -0.15) is 0 Å². The van der Waals surface area contributed by atoms with Gasteiger partial charge in [-0.1, -0.05) is 53.7 Å². The van der Waals surface area contributed by atoms with E-state index in [9.17, 15) is 4.79 Å². The maximum Gasteiger partial charge on any atom is 0.259 e. The van der Waals surface area contributed by atoms with Crippen LogP contribution in [0.15, 0.2) is 75.7 Å². The van der Waals surface area contributed by atoms with Gasteiger partial charge in [0.15, 0.2) is 0 Å². The number of pyridine rings is 1. The molecule has 0 N–H and O–H groups in total. The summed E-state index contributed by atoms with van der Waals surface area (Å²) in [5, 5.41) is 5.68. The van der Waals surface area contributed by atoms with Crippen molar-refractivity contribution in [2.45, 2.75) is 19.9 Å². The van der Waals surface area contributed by atoms with Crippen LogP contribution in [-0.4, -0.2) is 28.0 Å². The molecule has 5 aromatic rings. The molecule has 6 nitrogen and oxygen atoms in total. The van der Waals surface area contributed by atoms with Crippen LogP contribution in [-0.2, 0) is 0 Å². The first kappa shape index (κ1) is 19.1. The number of aromatic nitrogens is 2. The van der Waals surface area contributed by atoms with Gasteiger partial charge in [0.2, 0.25) is 0 Å². The van der Waals surface area contributed by atoms with Crippen LogP contribution >= 0.6 is 0 Å². The second-order valence-electron chi connectivity index (χ2n) is 7.65. The summed E-state index contributed by atoms with van der Waals surface area (Å²) in [6.07, 6.45) is 0. The third-order valence-corrected chi connectivity index (χ3v) is 5.67. The Balaban J connectivity index is 1.57. The molecule has 6 heteroatoms. The van der Waals surface area contributed by atoms with Crippen molar-refractivity contribution in [1.29, 1.82) is 0 Å². The summed E-state index contributed by atoms with van der Waals surface area (Å²) in [4.78, 5) is 19.9. The molecule has 0 aliphatic rings. The minimum atomic E-state index is -0.261. The van der Waals surface area contributed by atoms with Crippen molar-refractivity contribution < 1.29 is 13.7 Å². The van der Waals surface area contributed by atoms with Crippen LogP contribution in [0, 0.1) is 6.92 Å². The molecule has 0 saturated heterocycles. The highest BCUT2D eigenvalue weighted by atomic mass is 16.5. The van der Waals surface area contributed by atoms with Gasteiger partial charge in [-0.15, -0.1) is 0 Å². The lowest BCUT2D eigenvalue weighted by molar-refractivity contribution is 0.0729. The standard InChI is InChI=1S/C25H21N3O3/c1-15-23-19(14-20(26-24(23)31-27-15)17-9-5-4-6-10-17)25(29)28(3)16(2)22-13-18-11-7-8-12-21(18)30-22/h4-14,16H,1-3H3/t16-/m0/s1. The van der Waals surface area contributed by atoms with Gasteiger partial charge in [-0.05, 0) is 32.0 Å². The van der Waals surface area contributed by atoms with E-state index >= 15 is 0 Å². The van der Waals surface area contributed by atoms with E-state index in [1.165, 1.54) is 0 Å². The Kier molecular flexibility index (Phi) is 4.55. The summed E-state index contributed by atoms with van der Waals surface area (Å²) in [5.41, 5.74) is 3.87. The lowest BCUT2D eigenvalue weighted by atomic mass is 10.0. The van der Waals surface area contributed by atoms with Crippen molar-refractivity contribution in [2.75, 3.05) is 7.05 Å². The van der Waals surface area contributed by atoms with Crippen molar-refractivity contribution in [3.63, 3.8) is 0 Å². The second kappa shape index (κ2) is 7.40. The molecule has 5 rings (SSSR count). The normalized spacial score (nSPS) is 12.4. The van der Waals surface area contributed by atoms with Crippen LogP contribution in [0.1, 0.15) is 34.8 Å². The number of para-hydroxylation sites is 1. The fourth-order valence-electron chi connectivity index (χ4n) is 3.79. The number of nitrogens with zero attached hydrogens (tertiary/aromatic N) is 3. The maximum absolute atomic E-state index is 13.6. The Hall–Kier alpha value is -3.93. The Morgan fingerprint density at radius 2 is 1.77 bits per heavy atom. The highest BCUT2D eigenvalue weighted by Gasteiger charge is 2.26. The minimum absolute atomic E-state index is 0.149. The van der Waals surface area contributed by atoms with Gasteiger partial charge in [0.1, 0.15) is 11.3 Å². The Labute approximate surface area is 179 Å². The molecule has 0 bridgehead atoms. The number of carbonyl (C=O) groups excluding carboxylic acids is 1. The van der Waals surface area contributed by atoms with E-state index in [1.54, 1.807) is 11.9 Å². The summed E-state index contributed by atoms with van der Waals surface area (Å²) in [7, 11) is 1.78. The zero-order valence-electron chi connectivity index (χ0n) is 17.5. The number of amides is 1. The molecular weight excluding hydrogens is 390 g/mol. The predicted molar refractivity (Wildman–Crippen MR) is 119 cm³/mol. The van der Waals surface area contributed by atoms with E-state index in [1.807, 2.05) is 80.6 Å². The van der Waals surface area contributed by atoms with Crippen molar-refractivity contribution in [1.82, 2.24) is 15.0 Å². The Bertz CT molecular complexity index is 1370. The van der Waals surface area contributed by atoms with E-state index in [2.05, 4.69) is 10.1 Å². The van der Waals surface area contributed by atoms with E-state index in [0.717, 1.165) is 22.3 Å². The maximum atomic E-state index is 13.6. The number of hydrogen-bond acceptors (Lipinski definition) is 5. The van der Waals surface area contributed by atoms with E-state index < -0.39 is 0 Å². The van der Waals surface area contributed by atoms with Crippen LogP contribution in [0.3, 0.4) is 0 Å². The van der Waals surface area contributed by atoms with Crippen LogP contribution in [0.5, 0.6) is 0 Å². The van der Waals surface area contributed by atoms with Gasteiger partial charge in [0, 0.05) is 18.0 Å². The van der Waals surface area contributed by atoms with E-state index in [4.69, 9.17) is 8.94 Å². The third-order valence-electron chi connectivity index (χ3n) is 5.67. The summed E-state index contributed by atoms with van der Waals surface area (Å²) < 4.78 is 11.4. The van der Waals surface area contributed by atoms with Gasteiger partial charge >= 0.3 is 0 Å². The van der Waals surface area contributed by atoms with Gasteiger partial charge in [0.25, 0.3) is 11.6 Å². The SMILES string of the molecule is Cc1noc2nc(-c3ccccc3)cc(C(=O)N(C)[C@@H](C)c3cc4ccccc4o3)c12.